The standard InChI is InChI=1S/C12H15N3O2.Na/c16-11(17)9-10(14-6-5-13-9)15-7-3-12(1-2-12)4-8-15;/h5-6H,1-4,7-8H2,(H,16,17);/q;+1/p-1. The third-order valence-electron chi connectivity index (χ3n) is 3.95. The maximum Gasteiger partial charge on any atom is 1.00 e. The maximum atomic E-state index is 11.0. The molecule has 1 saturated heterocycles. The van der Waals surface area contributed by atoms with Crippen molar-refractivity contribution in [2.45, 2.75) is 25.7 Å². The number of aromatic nitrogens is 2. The summed E-state index contributed by atoms with van der Waals surface area (Å²) < 4.78 is 0. The number of carbonyl (C=O) groups excluding carboxylic acids is 1. The van der Waals surface area contributed by atoms with E-state index in [1.807, 2.05) is 4.90 Å². The second kappa shape index (κ2) is 5.15. The van der Waals surface area contributed by atoms with E-state index in [2.05, 4.69) is 9.97 Å². The quantitative estimate of drug-likeness (QED) is 0.535. The van der Waals surface area contributed by atoms with Crippen LogP contribution >= 0.6 is 0 Å². The van der Waals surface area contributed by atoms with Gasteiger partial charge in [0.25, 0.3) is 0 Å². The van der Waals surface area contributed by atoms with Crippen molar-refractivity contribution in [1.29, 1.82) is 0 Å². The number of piperidine rings is 1. The summed E-state index contributed by atoms with van der Waals surface area (Å²) in [5.74, 6) is -0.789. The minimum absolute atomic E-state index is 0. The van der Waals surface area contributed by atoms with Crippen LogP contribution in [-0.4, -0.2) is 29.0 Å². The Kier molecular flexibility index (Phi) is 3.94. The van der Waals surface area contributed by atoms with Crippen molar-refractivity contribution in [1.82, 2.24) is 9.97 Å². The molecular weight excluding hydrogens is 241 g/mol. The minimum atomic E-state index is -1.25. The summed E-state index contributed by atoms with van der Waals surface area (Å²) in [7, 11) is 0. The number of carboxylic acids is 1. The topological polar surface area (TPSA) is 69.1 Å². The zero-order valence-electron chi connectivity index (χ0n) is 10.6. The van der Waals surface area contributed by atoms with Gasteiger partial charge in [-0.25, -0.2) is 9.97 Å². The predicted molar refractivity (Wildman–Crippen MR) is 59.5 cm³/mol. The fourth-order valence-electron chi connectivity index (χ4n) is 2.58. The minimum Gasteiger partial charge on any atom is -0.543 e. The number of hydrogen-bond acceptors (Lipinski definition) is 5. The van der Waals surface area contributed by atoms with Crippen LogP contribution in [0.2, 0.25) is 0 Å². The van der Waals surface area contributed by atoms with Crippen LogP contribution in [0, 0.1) is 5.41 Å². The van der Waals surface area contributed by atoms with Gasteiger partial charge in [-0.15, -0.1) is 0 Å². The Labute approximate surface area is 128 Å². The first-order valence-corrected chi connectivity index (χ1v) is 5.98. The molecule has 18 heavy (non-hydrogen) atoms. The van der Waals surface area contributed by atoms with Crippen molar-refractivity contribution in [2.75, 3.05) is 18.0 Å². The van der Waals surface area contributed by atoms with E-state index in [4.69, 9.17) is 0 Å². The first-order chi connectivity index (χ1) is 8.20. The predicted octanol–water partition coefficient (Wildman–Crippen LogP) is -2.78. The van der Waals surface area contributed by atoms with Gasteiger partial charge in [0.1, 0.15) is 5.69 Å². The molecule has 1 aliphatic carbocycles. The molecule has 90 valence electrons. The van der Waals surface area contributed by atoms with Crippen LogP contribution in [0.1, 0.15) is 36.2 Å². The van der Waals surface area contributed by atoms with Gasteiger partial charge in [0.2, 0.25) is 0 Å². The normalized spacial score (nSPS) is 20.3. The summed E-state index contributed by atoms with van der Waals surface area (Å²) >= 11 is 0. The fraction of sp³-hybridized carbons (Fsp3) is 0.583. The Bertz CT molecular complexity index is 452. The van der Waals surface area contributed by atoms with Gasteiger partial charge >= 0.3 is 29.6 Å². The van der Waals surface area contributed by atoms with Crippen molar-refractivity contribution in [3.63, 3.8) is 0 Å². The molecule has 2 heterocycles. The van der Waals surface area contributed by atoms with E-state index in [0.29, 0.717) is 11.2 Å². The first kappa shape index (κ1) is 13.8. The van der Waals surface area contributed by atoms with E-state index in [1.54, 1.807) is 0 Å². The Morgan fingerprint density at radius 3 is 2.33 bits per heavy atom. The molecule has 1 saturated carbocycles. The molecule has 0 atom stereocenters. The second-order valence-corrected chi connectivity index (χ2v) is 5.00. The van der Waals surface area contributed by atoms with Crippen LogP contribution in [0.15, 0.2) is 12.4 Å². The molecule has 5 nitrogen and oxygen atoms in total. The first-order valence-electron chi connectivity index (χ1n) is 5.98. The van der Waals surface area contributed by atoms with E-state index in [9.17, 15) is 9.90 Å². The molecule has 0 aromatic carbocycles. The summed E-state index contributed by atoms with van der Waals surface area (Å²) in [5.41, 5.74) is 0.527. The molecule has 0 bridgehead atoms. The van der Waals surface area contributed by atoms with E-state index >= 15 is 0 Å². The van der Waals surface area contributed by atoms with Crippen molar-refractivity contribution in [3.8, 4) is 0 Å². The summed E-state index contributed by atoms with van der Waals surface area (Å²) in [6.07, 6.45) is 7.85. The molecular formula is C12H14N3NaO2. The SMILES string of the molecule is O=C([O-])c1nccnc1N1CCC2(CC1)CC2.[Na+]. The summed E-state index contributed by atoms with van der Waals surface area (Å²) in [5, 5.41) is 11.0. The van der Waals surface area contributed by atoms with Crippen LogP contribution in [0.3, 0.4) is 0 Å². The molecule has 1 aromatic rings. The summed E-state index contributed by atoms with van der Waals surface area (Å²) in [4.78, 5) is 21.0. The van der Waals surface area contributed by atoms with E-state index in [-0.39, 0.29) is 35.3 Å². The second-order valence-electron chi connectivity index (χ2n) is 5.00. The van der Waals surface area contributed by atoms with Gasteiger partial charge in [-0.3, -0.25) is 0 Å². The average Bonchev–Trinajstić information content (AvgIpc) is 3.10. The number of carboxylic acid groups (broad SMARTS) is 1. The zero-order valence-corrected chi connectivity index (χ0v) is 12.6. The molecule has 1 aromatic heterocycles. The molecule has 2 aliphatic rings. The average molecular weight is 255 g/mol. The van der Waals surface area contributed by atoms with Crippen molar-refractivity contribution in [2.24, 2.45) is 5.41 Å². The van der Waals surface area contributed by atoms with E-state index in [0.717, 1.165) is 25.9 Å². The number of anilines is 1. The third kappa shape index (κ3) is 2.53. The molecule has 0 N–H and O–H groups in total. The molecule has 2 fully saturated rings. The number of aromatic carboxylic acids is 1. The summed E-state index contributed by atoms with van der Waals surface area (Å²) in [6.45, 7) is 1.75. The van der Waals surface area contributed by atoms with E-state index < -0.39 is 5.97 Å². The molecule has 3 rings (SSSR count). The Hall–Kier alpha value is -0.650. The number of nitrogens with zero attached hydrogens (tertiary/aromatic N) is 3. The van der Waals surface area contributed by atoms with Crippen LogP contribution in [0.5, 0.6) is 0 Å². The Balaban J connectivity index is 0.00000120. The van der Waals surface area contributed by atoms with Crippen molar-refractivity contribution >= 4 is 11.8 Å². The molecule has 0 amide bonds. The largest absolute Gasteiger partial charge is 1.00 e. The summed E-state index contributed by atoms with van der Waals surface area (Å²) in [6, 6.07) is 0. The van der Waals surface area contributed by atoms with Crippen molar-refractivity contribution < 1.29 is 39.5 Å². The maximum absolute atomic E-state index is 11.0. The van der Waals surface area contributed by atoms with Crippen LogP contribution in [0.4, 0.5) is 5.82 Å². The van der Waals surface area contributed by atoms with Gasteiger partial charge < -0.3 is 14.8 Å². The molecule has 6 heteroatoms. The van der Waals surface area contributed by atoms with Gasteiger partial charge in [0, 0.05) is 25.5 Å². The van der Waals surface area contributed by atoms with Gasteiger partial charge in [0.05, 0.1) is 5.97 Å². The van der Waals surface area contributed by atoms with Crippen LogP contribution in [-0.2, 0) is 0 Å². The molecule has 1 spiro atoms. The van der Waals surface area contributed by atoms with Gasteiger partial charge in [-0.1, -0.05) is 0 Å². The molecule has 1 aliphatic heterocycles. The van der Waals surface area contributed by atoms with Gasteiger partial charge in [-0.05, 0) is 31.1 Å². The fourth-order valence-corrected chi connectivity index (χ4v) is 2.58. The monoisotopic (exact) mass is 255 g/mol. The van der Waals surface area contributed by atoms with Gasteiger partial charge in [-0.2, -0.15) is 0 Å². The molecule has 0 unspecified atom stereocenters. The molecule has 0 radical (unpaired) electrons. The smallest absolute Gasteiger partial charge is 0.543 e. The van der Waals surface area contributed by atoms with Gasteiger partial charge in [0.15, 0.2) is 5.82 Å². The number of rotatable bonds is 2. The number of carbonyl (C=O) groups is 1. The van der Waals surface area contributed by atoms with Crippen LogP contribution < -0.4 is 39.6 Å². The Morgan fingerprint density at radius 2 is 1.78 bits per heavy atom. The number of hydrogen-bond donors (Lipinski definition) is 0. The Morgan fingerprint density at radius 1 is 1.17 bits per heavy atom. The van der Waals surface area contributed by atoms with E-state index in [1.165, 1.54) is 25.2 Å². The zero-order chi connectivity index (χ0) is 11.9. The third-order valence-corrected chi connectivity index (χ3v) is 3.95. The van der Waals surface area contributed by atoms with Crippen LogP contribution in [0.25, 0.3) is 0 Å². The van der Waals surface area contributed by atoms with Crippen molar-refractivity contribution in [3.05, 3.63) is 18.1 Å².